The Morgan fingerprint density at radius 2 is 0.910 bits per heavy atom. The standard InChI is InChI=1S/C65H50N2/c1-4-12-43(13-5-1)45-20-26-52(27-21-45)66(53-28-22-46(23-29-53)44-14-6-2-7-15-44)54-30-33-62-58(39-54)57-37-48(25-32-61(57)67(62)51-16-8-3-9-17-51)47-24-31-60-56(36-47)55-18-10-11-19-59(55)65(60)50-35-42-34-49-38-63(65)64(49,40-42)41-50/h1-33,36-37,39,42,49-50,63H,34-35,38,40-41H2. The third-order valence-corrected chi connectivity index (χ3v) is 17.7. The average Bonchev–Trinajstić information content (AvgIpc) is 3.99. The third-order valence-electron chi connectivity index (χ3n) is 17.7. The molecule has 6 unspecified atom stereocenters. The monoisotopic (exact) mass is 858 g/mol. The number of benzene rings is 9. The predicted molar refractivity (Wildman–Crippen MR) is 277 cm³/mol. The lowest BCUT2D eigenvalue weighted by atomic mass is 9.49. The molecule has 4 saturated carbocycles. The molecule has 6 atom stereocenters. The molecular weight excluding hydrogens is 809 g/mol. The molecule has 3 bridgehead atoms. The Labute approximate surface area is 392 Å². The summed E-state index contributed by atoms with van der Waals surface area (Å²) < 4.78 is 2.45. The maximum absolute atomic E-state index is 2.59. The molecule has 15 rings (SSSR count). The summed E-state index contributed by atoms with van der Waals surface area (Å²) in [6.07, 6.45) is 7.30. The van der Waals surface area contributed by atoms with Crippen LogP contribution >= 0.6 is 0 Å². The summed E-state index contributed by atoms with van der Waals surface area (Å²) in [4.78, 5) is 2.42. The first-order valence-corrected chi connectivity index (χ1v) is 24.6. The van der Waals surface area contributed by atoms with E-state index >= 15 is 0 Å². The second-order valence-electron chi connectivity index (χ2n) is 20.6. The molecule has 0 saturated heterocycles. The zero-order valence-corrected chi connectivity index (χ0v) is 37.5. The molecular formula is C65H50N2. The van der Waals surface area contributed by atoms with E-state index in [1.165, 1.54) is 104 Å². The van der Waals surface area contributed by atoms with Crippen molar-refractivity contribution in [2.24, 2.45) is 29.1 Å². The number of nitrogens with zero attached hydrogens (tertiary/aromatic N) is 2. The highest BCUT2D eigenvalue weighted by Gasteiger charge is 2.76. The van der Waals surface area contributed by atoms with E-state index in [1.807, 2.05) is 0 Å². The maximum Gasteiger partial charge on any atom is 0.0542 e. The minimum atomic E-state index is 0.190. The SMILES string of the molecule is c1ccc(-c2ccc(N(c3ccc(-c4ccccc4)cc3)c3ccc4c(c3)c3cc(-c5ccc6c(c5)-c5ccccc5C65C6CC7CC8CC5C8(C7)C6)ccc3n4-c3ccccc3)cc2)cc1. The molecule has 320 valence electrons. The molecule has 2 nitrogen and oxygen atoms in total. The van der Waals surface area contributed by atoms with Crippen molar-refractivity contribution in [2.75, 3.05) is 4.90 Å². The molecule has 9 aromatic carbocycles. The first-order chi connectivity index (χ1) is 33.1. The van der Waals surface area contributed by atoms with Crippen LogP contribution in [0.3, 0.4) is 0 Å². The van der Waals surface area contributed by atoms with Crippen molar-refractivity contribution >= 4 is 38.9 Å². The van der Waals surface area contributed by atoms with Gasteiger partial charge in [-0.2, -0.15) is 0 Å². The molecule has 2 heteroatoms. The summed E-state index contributed by atoms with van der Waals surface area (Å²) in [6, 6.07) is 81.8. The van der Waals surface area contributed by atoms with E-state index in [4.69, 9.17) is 0 Å². The Hall–Kier alpha value is -7.42. The minimum Gasteiger partial charge on any atom is -0.310 e. The number of anilines is 3. The van der Waals surface area contributed by atoms with E-state index in [1.54, 1.807) is 11.1 Å². The van der Waals surface area contributed by atoms with Crippen LogP contribution in [-0.2, 0) is 5.41 Å². The smallest absolute Gasteiger partial charge is 0.0542 e. The highest BCUT2D eigenvalue weighted by molar-refractivity contribution is 6.12. The number of para-hydroxylation sites is 1. The van der Waals surface area contributed by atoms with Crippen molar-refractivity contribution < 1.29 is 0 Å². The van der Waals surface area contributed by atoms with Crippen LogP contribution < -0.4 is 4.90 Å². The van der Waals surface area contributed by atoms with Crippen LogP contribution in [0.2, 0.25) is 0 Å². The molecule has 0 aliphatic heterocycles. The van der Waals surface area contributed by atoms with E-state index in [-0.39, 0.29) is 5.41 Å². The second-order valence-corrected chi connectivity index (χ2v) is 20.6. The molecule has 0 radical (unpaired) electrons. The van der Waals surface area contributed by atoms with Gasteiger partial charge in [0.25, 0.3) is 0 Å². The van der Waals surface area contributed by atoms with Crippen molar-refractivity contribution in [1.29, 1.82) is 0 Å². The fourth-order valence-electron chi connectivity index (χ4n) is 15.2. The Morgan fingerprint density at radius 3 is 1.61 bits per heavy atom. The third kappa shape index (κ3) is 5.27. The van der Waals surface area contributed by atoms with Gasteiger partial charge in [0, 0.05) is 38.9 Å². The highest BCUT2D eigenvalue weighted by atomic mass is 15.1. The van der Waals surface area contributed by atoms with Gasteiger partial charge in [0.2, 0.25) is 0 Å². The summed E-state index contributed by atoms with van der Waals surface area (Å²) in [5, 5.41) is 2.50. The van der Waals surface area contributed by atoms with E-state index in [0.717, 1.165) is 40.7 Å². The van der Waals surface area contributed by atoms with Gasteiger partial charge >= 0.3 is 0 Å². The fraction of sp³-hybridized carbons (Fsp3) is 0.169. The van der Waals surface area contributed by atoms with Gasteiger partial charge in [0.1, 0.15) is 0 Å². The normalized spacial score (nSPS) is 23.6. The molecule has 5 aliphatic rings. The highest BCUT2D eigenvalue weighted by Crippen LogP contribution is 2.83. The van der Waals surface area contributed by atoms with Crippen LogP contribution in [0.1, 0.15) is 43.2 Å². The summed E-state index contributed by atoms with van der Waals surface area (Å²) in [5.41, 5.74) is 21.4. The second kappa shape index (κ2) is 14.0. The van der Waals surface area contributed by atoms with Crippen molar-refractivity contribution in [2.45, 2.75) is 37.5 Å². The van der Waals surface area contributed by atoms with Gasteiger partial charge in [-0.15, -0.1) is 0 Å². The molecule has 5 aliphatic carbocycles. The lowest BCUT2D eigenvalue weighted by Crippen LogP contribution is -2.50. The minimum absolute atomic E-state index is 0.190. The van der Waals surface area contributed by atoms with Gasteiger partial charge in [-0.3, -0.25) is 0 Å². The van der Waals surface area contributed by atoms with Crippen LogP contribution in [-0.4, -0.2) is 4.57 Å². The van der Waals surface area contributed by atoms with E-state index in [0.29, 0.717) is 5.41 Å². The van der Waals surface area contributed by atoms with Crippen LogP contribution in [0, 0.1) is 29.1 Å². The summed E-state index contributed by atoms with van der Waals surface area (Å²) in [5.74, 6) is 3.49. The maximum atomic E-state index is 2.59. The summed E-state index contributed by atoms with van der Waals surface area (Å²) in [6.45, 7) is 0. The van der Waals surface area contributed by atoms with Crippen LogP contribution in [0.5, 0.6) is 0 Å². The van der Waals surface area contributed by atoms with Gasteiger partial charge in [0.05, 0.1) is 11.0 Å². The molecule has 67 heavy (non-hydrogen) atoms. The van der Waals surface area contributed by atoms with Crippen molar-refractivity contribution in [3.8, 4) is 50.2 Å². The molecule has 0 amide bonds. The quantitative estimate of drug-likeness (QED) is 0.155. The number of hydrogen-bond acceptors (Lipinski definition) is 1. The zero-order valence-electron chi connectivity index (χ0n) is 37.5. The van der Waals surface area contributed by atoms with Crippen LogP contribution in [0.15, 0.2) is 218 Å². The van der Waals surface area contributed by atoms with Crippen molar-refractivity contribution in [3.05, 3.63) is 230 Å². The molecule has 1 aromatic heterocycles. The lowest BCUT2D eigenvalue weighted by Gasteiger charge is -2.54. The Balaban J connectivity index is 0.888. The molecule has 10 aromatic rings. The van der Waals surface area contributed by atoms with Gasteiger partial charge in [0.15, 0.2) is 0 Å². The molecule has 1 heterocycles. The van der Waals surface area contributed by atoms with Gasteiger partial charge in [-0.1, -0.05) is 146 Å². The van der Waals surface area contributed by atoms with E-state index in [2.05, 4.69) is 228 Å². The number of hydrogen-bond donors (Lipinski definition) is 0. The Bertz CT molecular complexity index is 3490. The first kappa shape index (κ1) is 37.8. The molecule has 4 fully saturated rings. The Kier molecular flexibility index (Phi) is 7.92. The first-order valence-electron chi connectivity index (χ1n) is 24.6. The van der Waals surface area contributed by atoms with Crippen LogP contribution in [0.25, 0.3) is 72.0 Å². The molecule has 2 spiro atoms. The number of aromatic nitrogens is 1. The lowest BCUT2D eigenvalue weighted by molar-refractivity contribution is -0.0193. The Morgan fingerprint density at radius 1 is 0.388 bits per heavy atom. The van der Waals surface area contributed by atoms with Crippen molar-refractivity contribution in [3.63, 3.8) is 0 Å². The van der Waals surface area contributed by atoms with Gasteiger partial charge in [-0.25, -0.2) is 0 Å². The fourth-order valence-corrected chi connectivity index (χ4v) is 15.2. The topological polar surface area (TPSA) is 8.17 Å². The summed E-state index contributed by atoms with van der Waals surface area (Å²) >= 11 is 0. The largest absolute Gasteiger partial charge is 0.310 e. The number of rotatable bonds is 7. The van der Waals surface area contributed by atoms with E-state index < -0.39 is 0 Å². The van der Waals surface area contributed by atoms with Gasteiger partial charge < -0.3 is 9.47 Å². The van der Waals surface area contributed by atoms with Crippen molar-refractivity contribution in [1.82, 2.24) is 4.57 Å². The average molecular weight is 859 g/mol. The van der Waals surface area contributed by atoms with Gasteiger partial charge in [-0.05, 0) is 190 Å². The molecule has 0 N–H and O–H groups in total. The summed E-state index contributed by atoms with van der Waals surface area (Å²) in [7, 11) is 0. The van der Waals surface area contributed by atoms with E-state index in [9.17, 15) is 0 Å². The number of fused-ring (bicyclic) bond motifs is 12. The van der Waals surface area contributed by atoms with Crippen LogP contribution in [0.4, 0.5) is 17.1 Å². The predicted octanol–water partition coefficient (Wildman–Crippen LogP) is 17.0. The zero-order chi connectivity index (χ0) is 43.8.